The van der Waals surface area contributed by atoms with E-state index in [1.165, 1.54) is 6.08 Å². The molecule has 0 saturated carbocycles. The fourth-order valence-corrected chi connectivity index (χ4v) is 2.76. The Hall–Kier alpha value is -3.45. The van der Waals surface area contributed by atoms with E-state index in [9.17, 15) is 10.1 Å². The molecule has 1 aromatic heterocycles. The summed E-state index contributed by atoms with van der Waals surface area (Å²) in [5.74, 6) is -0.380. The van der Waals surface area contributed by atoms with Crippen LogP contribution >= 0.6 is 0 Å². The molecule has 0 spiro atoms. The smallest absolute Gasteiger partial charge is 0.330 e. The minimum Gasteiger partial charge on any atom is -0.463 e. The third-order valence-corrected chi connectivity index (χ3v) is 3.88. The van der Waals surface area contributed by atoms with Crippen LogP contribution < -0.4 is 0 Å². The Bertz CT molecular complexity index is 1000. The third-order valence-electron chi connectivity index (χ3n) is 3.88. The Kier molecular flexibility index (Phi) is 4.87. The predicted molar refractivity (Wildman–Crippen MR) is 97.6 cm³/mol. The molecule has 0 atom stereocenters. The minimum absolute atomic E-state index is 0.340. The quantitative estimate of drug-likeness (QED) is 0.527. The minimum atomic E-state index is -0.380. The Morgan fingerprint density at radius 3 is 2.72 bits per heavy atom. The van der Waals surface area contributed by atoms with Crippen LogP contribution in [0.15, 0.2) is 60.9 Å². The molecular weight excluding hydrogens is 312 g/mol. The van der Waals surface area contributed by atoms with Gasteiger partial charge in [-0.25, -0.2) is 4.79 Å². The summed E-state index contributed by atoms with van der Waals surface area (Å²) in [6.07, 6.45) is 6.58. The molecule has 3 aromatic rings. The van der Waals surface area contributed by atoms with Crippen molar-refractivity contribution in [1.29, 1.82) is 5.26 Å². The summed E-state index contributed by atoms with van der Waals surface area (Å²) in [5.41, 5.74) is 3.35. The van der Waals surface area contributed by atoms with Crippen molar-refractivity contribution in [1.82, 2.24) is 4.98 Å². The molecule has 1 heterocycles. The van der Waals surface area contributed by atoms with E-state index < -0.39 is 0 Å². The molecule has 0 N–H and O–H groups in total. The fourth-order valence-electron chi connectivity index (χ4n) is 2.76. The van der Waals surface area contributed by atoms with Crippen LogP contribution in [0.3, 0.4) is 0 Å². The maximum Gasteiger partial charge on any atom is 0.330 e. The normalized spacial score (nSPS) is 10.7. The van der Waals surface area contributed by atoms with Crippen molar-refractivity contribution in [3.8, 4) is 17.2 Å². The third kappa shape index (κ3) is 3.41. The summed E-state index contributed by atoms with van der Waals surface area (Å²) < 4.78 is 4.93. The number of aromatic nitrogens is 1. The molecule has 0 radical (unpaired) electrons. The van der Waals surface area contributed by atoms with Crippen LogP contribution in [-0.4, -0.2) is 17.6 Å². The van der Waals surface area contributed by atoms with Crippen LogP contribution in [0.1, 0.15) is 18.1 Å². The van der Waals surface area contributed by atoms with Gasteiger partial charge >= 0.3 is 5.97 Å². The van der Waals surface area contributed by atoms with E-state index in [-0.39, 0.29) is 5.97 Å². The van der Waals surface area contributed by atoms with Crippen molar-refractivity contribution >= 4 is 22.8 Å². The molecule has 0 saturated heterocycles. The molecule has 4 heteroatoms. The molecule has 0 fully saturated rings. The topological polar surface area (TPSA) is 63.0 Å². The van der Waals surface area contributed by atoms with E-state index in [2.05, 4.69) is 11.1 Å². The number of esters is 1. The zero-order chi connectivity index (χ0) is 17.6. The van der Waals surface area contributed by atoms with Gasteiger partial charge in [-0.05, 0) is 41.6 Å². The molecule has 0 aliphatic rings. The van der Waals surface area contributed by atoms with Gasteiger partial charge in [0.05, 0.1) is 18.2 Å². The van der Waals surface area contributed by atoms with Gasteiger partial charge in [-0.1, -0.05) is 30.3 Å². The highest BCUT2D eigenvalue weighted by Gasteiger charge is 2.10. The fraction of sp³-hybridized carbons (Fsp3) is 0.0952. The van der Waals surface area contributed by atoms with Crippen LogP contribution in [0.5, 0.6) is 0 Å². The highest BCUT2D eigenvalue weighted by atomic mass is 16.5. The van der Waals surface area contributed by atoms with Crippen LogP contribution in [-0.2, 0) is 9.53 Å². The monoisotopic (exact) mass is 328 g/mol. The van der Waals surface area contributed by atoms with Gasteiger partial charge < -0.3 is 4.74 Å². The van der Waals surface area contributed by atoms with Crippen molar-refractivity contribution in [2.24, 2.45) is 0 Å². The molecule has 122 valence electrons. The lowest BCUT2D eigenvalue weighted by Crippen LogP contribution is -1.98. The molecule has 4 nitrogen and oxygen atoms in total. The number of carbonyl (C=O) groups excluding carboxylic acids is 1. The first kappa shape index (κ1) is 16.4. The van der Waals surface area contributed by atoms with Crippen molar-refractivity contribution in [3.63, 3.8) is 0 Å². The van der Waals surface area contributed by atoms with Crippen molar-refractivity contribution in [3.05, 3.63) is 72.1 Å². The summed E-state index contributed by atoms with van der Waals surface area (Å²) in [6, 6.07) is 15.6. The van der Waals surface area contributed by atoms with Gasteiger partial charge in [-0.15, -0.1) is 0 Å². The second-order valence-electron chi connectivity index (χ2n) is 5.37. The van der Waals surface area contributed by atoms with Gasteiger partial charge in [0.1, 0.15) is 0 Å². The van der Waals surface area contributed by atoms with Crippen LogP contribution in [0.4, 0.5) is 0 Å². The Morgan fingerprint density at radius 1 is 1.16 bits per heavy atom. The van der Waals surface area contributed by atoms with Crippen molar-refractivity contribution in [2.45, 2.75) is 6.92 Å². The van der Waals surface area contributed by atoms with E-state index in [0.29, 0.717) is 12.2 Å². The number of fused-ring (bicyclic) bond motifs is 1. The highest BCUT2D eigenvalue weighted by molar-refractivity contribution is 6.01. The van der Waals surface area contributed by atoms with Gasteiger partial charge in [0.15, 0.2) is 0 Å². The van der Waals surface area contributed by atoms with Crippen LogP contribution in [0.2, 0.25) is 0 Å². The maximum absolute atomic E-state index is 11.6. The first-order valence-corrected chi connectivity index (χ1v) is 7.95. The Balaban J connectivity index is 2.14. The van der Waals surface area contributed by atoms with Gasteiger partial charge in [0, 0.05) is 29.4 Å². The second-order valence-corrected chi connectivity index (χ2v) is 5.37. The molecule has 0 unspecified atom stereocenters. The molecule has 0 aliphatic carbocycles. The average molecular weight is 328 g/mol. The number of nitrogens with zero attached hydrogens (tertiary/aromatic N) is 2. The summed E-state index contributed by atoms with van der Waals surface area (Å²) in [5, 5.41) is 11.2. The van der Waals surface area contributed by atoms with Crippen LogP contribution in [0, 0.1) is 11.3 Å². The number of benzene rings is 2. The number of rotatable bonds is 4. The van der Waals surface area contributed by atoms with E-state index in [1.54, 1.807) is 25.4 Å². The molecule has 0 aliphatic heterocycles. The zero-order valence-electron chi connectivity index (χ0n) is 13.8. The lowest BCUT2D eigenvalue weighted by atomic mass is 9.93. The number of nitriles is 1. The summed E-state index contributed by atoms with van der Waals surface area (Å²) in [7, 11) is 0. The summed E-state index contributed by atoms with van der Waals surface area (Å²) in [6.45, 7) is 2.11. The summed E-state index contributed by atoms with van der Waals surface area (Å²) in [4.78, 5) is 15.8. The van der Waals surface area contributed by atoms with Gasteiger partial charge in [-0.2, -0.15) is 5.26 Å². The van der Waals surface area contributed by atoms with E-state index >= 15 is 0 Å². The largest absolute Gasteiger partial charge is 0.463 e. The van der Waals surface area contributed by atoms with Crippen LogP contribution in [0.25, 0.3) is 28.0 Å². The van der Waals surface area contributed by atoms with Gasteiger partial charge in [0.25, 0.3) is 0 Å². The van der Waals surface area contributed by atoms with Gasteiger partial charge in [0.2, 0.25) is 0 Å². The van der Waals surface area contributed by atoms with Crippen molar-refractivity contribution in [2.75, 3.05) is 6.61 Å². The van der Waals surface area contributed by atoms with Crippen molar-refractivity contribution < 1.29 is 9.53 Å². The summed E-state index contributed by atoms with van der Waals surface area (Å²) >= 11 is 0. The molecule has 25 heavy (non-hydrogen) atoms. The molecule has 0 bridgehead atoms. The predicted octanol–water partition coefficient (Wildman–Crippen LogP) is 4.35. The maximum atomic E-state index is 11.6. The molecule has 0 amide bonds. The number of carbonyl (C=O) groups is 1. The molecule has 2 aromatic carbocycles. The second kappa shape index (κ2) is 7.41. The lowest BCUT2D eigenvalue weighted by molar-refractivity contribution is -0.137. The SMILES string of the molecule is CCOC(=O)C=Cc1ccncc1-c1ccc(C#N)c2ccccc12. The van der Waals surface area contributed by atoms with E-state index in [1.807, 2.05) is 42.5 Å². The number of pyridine rings is 1. The average Bonchev–Trinajstić information content (AvgIpc) is 2.66. The van der Waals surface area contributed by atoms with Gasteiger partial charge in [-0.3, -0.25) is 4.98 Å². The first-order chi connectivity index (χ1) is 12.2. The zero-order valence-corrected chi connectivity index (χ0v) is 13.8. The Morgan fingerprint density at radius 2 is 1.96 bits per heavy atom. The standard InChI is InChI=1S/C21H16N2O2/c1-2-25-21(24)10-8-15-11-12-23-14-20(15)19-9-7-16(13-22)17-5-3-4-6-18(17)19/h3-12,14H,2H2,1H3. The highest BCUT2D eigenvalue weighted by Crippen LogP contribution is 2.32. The van der Waals surface area contributed by atoms with E-state index in [0.717, 1.165) is 27.5 Å². The number of hydrogen-bond acceptors (Lipinski definition) is 4. The Labute approximate surface area is 146 Å². The molecular formula is C21H16N2O2. The number of ether oxygens (including phenoxy) is 1. The molecule has 3 rings (SSSR count). The lowest BCUT2D eigenvalue weighted by Gasteiger charge is -2.10. The first-order valence-electron chi connectivity index (χ1n) is 7.95. The van der Waals surface area contributed by atoms with E-state index in [4.69, 9.17) is 4.74 Å². The number of hydrogen-bond donors (Lipinski definition) is 0.